The van der Waals surface area contributed by atoms with Crippen molar-refractivity contribution < 1.29 is 18.5 Å². The van der Waals surface area contributed by atoms with Gasteiger partial charge in [0.1, 0.15) is 22.7 Å². The number of ether oxygens (including phenoxy) is 1. The Morgan fingerprint density at radius 3 is 2.76 bits per heavy atom. The summed E-state index contributed by atoms with van der Waals surface area (Å²) < 4.78 is 36.3. The normalized spacial score (nSPS) is 19.9. The van der Waals surface area contributed by atoms with Crippen LogP contribution in [0.15, 0.2) is 59.6 Å². The molecule has 2 atom stereocenters. The molecule has 5 rings (SSSR count). The molecule has 0 aliphatic carbocycles. The minimum absolute atomic E-state index is 0.0238. The smallest absolute Gasteiger partial charge is 0.256 e. The topological polar surface area (TPSA) is 80.8 Å². The van der Waals surface area contributed by atoms with Crippen LogP contribution in [-0.4, -0.2) is 70.7 Å². The number of benzene rings is 2. The number of nitrogens with one attached hydrogen (secondary N) is 1. The van der Waals surface area contributed by atoms with Gasteiger partial charge in [0.05, 0.1) is 17.4 Å². The number of hydrogen-bond donors (Lipinski definition) is 1. The average Bonchev–Trinajstić information content (AvgIpc) is 3.37. The van der Waals surface area contributed by atoms with Crippen molar-refractivity contribution in [3.8, 4) is 0 Å². The summed E-state index contributed by atoms with van der Waals surface area (Å²) in [5, 5.41) is 0.873. The number of carbonyl (C=O) groups is 1. The SMILES string of the molecule is O=C(c1ccc(N[S+]([O-])c2cccc3cccnc23)cc1F)N1CCN(CC2CCCO2)CC1. The molecule has 9 heteroatoms. The van der Waals surface area contributed by atoms with Gasteiger partial charge in [-0.25, -0.2) is 9.11 Å². The van der Waals surface area contributed by atoms with Crippen LogP contribution in [0.5, 0.6) is 0 Å². The van der Waals surface area contributed by atoms with E-state index in [1.807, 2.05) is 24.3 Å². The van der Waals surface area contributed by atoms with Gasteiger partial charge in [0.25, 0.3) is 5.91 Å². The predicted molar refractivity (Wildman–Crippen MR) is 129 cm³/mol. The van der Waals surface area contributed by atoms with E-state index in [-0.39, 0.29) is 17.6 Å². The number of amides is 1. The standard InChI is InChI=1S/C25H27FN4O3S/c26-22-16-19(28-34(32)23-7-1-4-18-5-2-10-27-24(18)23)8-9-21(22)25(31)30-13-11-29(12-14-30)17-20-6-3-15-33-20/h1-2,4-5,7-10,16,20,28H,3,6,11-15,17H2. The van der Waals surface area contributed by atoms with Gasteiger partial charge in [0.15, 0.2) is 0 Å². The van der Waals surface area contributed by atoms with Crippen molar-refractivity contribution >= 4 is 33.9 Å². The van der Waals surface area contributed by atoms with E-state index >= 15 is 0 Å². The molecular formula is C25H27FN4O3S. The highest BCUT2D eigenvalue weighted by molar-refractivity contribution is 7.93. The Morgan fingerprint density at radius 2 is 2.00 bits per heavy atom. The number of halogens is 1. The van der Waals surface area contributed by atoms with Crippen LogP contribution < -0.4 is 4.72 Å². The molecule has 1 amide bonds. The summed E-state index contributed by atoms with van der Waals surface area (Å²) in [6, 6.07) is 13.4. The van der Waals surface area contributed by atoms with Crippen LogP contribution in [0.1, 0.15) is 23.2 Å². The average molecular weight is 483 g/mol. The van der Waals surface area contributed by atoms with Crippen LogP contribution in [0.4, 0.5) is 10.1 Å². The fraction of sp³-hybridized carbons (Fsp3) is 0.360. The molecule has 0 bridgehead atoms. The fourth-order valence-corrected chi connectivity index (χ4v) is 5.52. The quantitative estimate of drug-likeness (QED) is 0.542. The summed E-state index contributed by atoms with van der Waals surface area (Å²) in [6.07, 6.45) is 4.13. The first-order chi connectivity index (χ1) is 16.6. The molecule has 1 N–H and O–H groups in total. The first-order valence-electron chi connectivity index (χ1n) is 11.5. The first-order valence-corrected chi connectivity index (χ1v) is 12.7. The number of hydrogen-bond acceptors (Lipinski definition) is 6. The minimum Gasteiger partial charge on any atom is -0.588 e. The second-order valence-electron chi connectivity index (χ2n) is 8.62. The number of para-hydroxylation sites is 1. The van der Waals surface area contributed by atoms with E-state index in [1.165, 1.54) is 12.1 Å². The van der Waals surface area contributed by atoms with Crippen LogP contribution >= 0.6 is 0 Å². The molecule has 3 aromatic rings. The molecular weight excluding hydrogens is 455 g/mol. The van der Waals surface area contributed by atoms with Crippen LogP contribution in [0, 0.1) is 5.82 Å². The number of anilines is 1. The number of pyridine rings is 1. The van der Waals surface area contributed by atoms with Crippen molar-refractivity contribution in [3.63, 3.8) is 0 Å². The Hall–Kier alpha value is -2.72. The van der Waals surface area contributed by atoms with E-state index in [4.69, 9.17) is 4.74 Å². The molecule has 34 heavy (non-hydrogen) atoms. The van der Waals surface area contributed by atoms with Crippen molar-refractivity contribution in [3.05, 3.63) is 66.1 Å². The number of nitrogens with zero attached hydrogens (tertiary/aromatic N) is 3. The van der Waals surface area contributed by atoms with E-state index in [9.17, 15) is 13.7 Å². The summed E-state index contributed by atoms with van der Waals surface area (Å²) in [5.41, 5.74) is 0.985. The van der Waals surface area contributed by atoms with E-state index in [2.05, 4.69) is 14.6 Å². The molecule has 7 nitrogen and oxygen atoms in total. The lowest BCUT2D eigenvalue weighted by molar-refractivity contribution is 0.0430. The molecule has 2 aliphatic rings. The third-order valence-corrected chi connectivity index (χ3v) is 7.50. The van der Waals surface area contributed by atoms with Gasteiger partial charge in [-0.1, -0.05) is 18.2 Å². The third-order valence-electron chi connectivity index (χ3n) is 6.35. The maximum absolute atomic E-state index is 14.9. The first kappa shape index (κ1) is 23.0. The molecule has 0 radical (unpaired) electrons. The maximum Gasteiger partial charge on any atom is 0.256 e. The molecule has 0 spiro atoms. The number of piperazine rings is 1. The molecule has 1 aromatic heterocycles. The fourth-order valence-electron chi connectivity index (χ4n) is 4.52. The molecule has 2 saturated heterocycles. The summed E-state index contributed by atoms with van der Waals surface area (Å²) >= 11 is -1.64. The zero-order chi connectivity index (χ0) is 23.5. The van der Waals surface area contributed by atoms with Crippen LogP contribution in [-0.2, 0) is 16.1 Å². The molecule has 2 fully saturated rings. The van der Waals surface area contributed by atoms with E-state index in [0.717, 1.165) is 44.5 Å². The Kier molecular flexibility index (Phi) is 6.96. The third kappa shape index (κ3) is 5.02. The van der Waals surface area contributed by atoms with Gasteiger partial charge in [-0.3, -0.25) is 14.7 Å². The Bertz CT molecular complexity index is 1160. The summed E-state index contributed by atoms with van der Waals surface area (Å²) in [6.45, 7) is 4.35. The zero-order valence-corrected chi connectivity index (χ0v) is 19.6. The summed E-state index contributed by atoms with van der Waals surface area (Å²) in [7, 11) is 0. The van der Waals surface area contributed by atoms with Crippen LogP contribution in [0.2, 0.25) is 0 Å². The number of carbonyl (C=O) groups excluding carboxylic acids is 1. The molecule has 178 valence electrons. The summed E-state index contributed by atoms with van der Waals surface area (Å²) in [4.78, 5) is 21.8. The monoisotopic (exact) mass is 482 g/mol. The molecule has 2 aromatic carbocycles. The largest absolute Gasteiger partial charge is 0.588 e. The summed E-state index contributed by atoms with van der Waals surface area (Å²) in [5.74, 6) is -0.954. The number of rotatable bonds is 6. The number of aromatic nitrogens is 1. The zero-order valence-electron chi connectivity index (χ0n) is 18.8. The number of fused-ring (bicyclic) bond motifs is 1. The van der Waals surface area contributed by atoms with Gasteiger partial charge in [-0.2, -0.15) is 0 Å². The van der Waals surface area contributed by atoms with Gasteiger partial charge in [0.2, 0.25) is 4.90 Å². The van der Waals surface area contributed by atoms with E-state index < -0.39 is 17.2 Å². The van der Waals surface area contributed by atoms with Crippen molar-refractivity contribution in [2.75, 3.05) is 44.1 Å². The highest BCUT2D eigenvalue weighted by Crippen LogP contribution is 2.25. The second-order valence-corrected chi connectivity index (χ2v) is 9.81. The predicted octanol–water partition coefficient (Wildman–Crippen LogP) is 3.45. The van der Waals surface area contributed by atoms with Gasteiger partial charge in [-0.05, 0) is 37.1 Å². The van der Waals surface area contributed by atoms with Crippen LogP contribution in [0.3, 0.4) is 0 Å². The minimum atomic E-state index is -1.64. The van der Waals surface area contributed by atoms with Crippen molar-refractivity contribution in [1.29, 1.82) is 0 Å². The van der Waals surface area contributed by atoms with E-state index in [0.29, 0.717) is 29.2 Å². The Labute approximate surface area is 201 Å². The van der Waals surface area contributed by atoms with Gasteiger partial charge < -0.3 is 14.2 Å². The molecule has 0 saturated carbocycles. The highest BCUT2D eigenvalue weighted by Gasteiger charge is 2.27. The lowest BCUT2D eigenvalue weighted by atomic mass is 10.1. The highest BCUT2D eigenvalue weighted by atomic mass is 32.2. The molecule has 3 heterocycles. The molecule has 2 unspecified atom stereocenters. The van der Waals surface area contributed by atoms with E-state index in [1.54, 1.807) is 23.2 Å². The lowest BCUT2D eigenvalue weighted by Crippen LogP contribution is -2.50. The van der Waals surface area contributed by atoms with Crippen molar-refractivity contribution in [2.24, 2.45) is 0 Å². The maximum atomic E-state index is 14.9. The van der Waals surface area contributed by atoms with Gasteiger partial charge >= 0.3 is 0 Å². The Morgan fingerprint density at radius 1 is 1.18 bits per heavy atom. The van der Waals surface area contributed by atoms with Crippen molar-refractivity contribution in [1.82, 2.24) is 14.8 Å². The lowest BCUT2D eigenvalue weighted by Gasteiger charge is -2.35. The molecule has 2 aliphatic heterocycles. The second kappa shape index (κ2) is 10.3. The van der Waals surface area contributed by atoms with Crippen molar-refractivity contribution in [2.45, 2.75) is 23.8 Å². The Balaban J connectivity index is 1.22. The van der Waals surface area contributed by atoms with Gasteiger partial charge in [-0.15, -0.1) is 0 Å². The van der Waals surface area contributed by atoms with Crippen LogP contribution in [0.25, 0.3) is 10.9 Å². The van der Waals surface area contributed by atoms with Gasteiger partial charge in [0, 0.05) is 57.0 Å².